The average molecular weight is 320 g/mol. The van der Waals surface area contributed by atoms with Crippen molar-refractivity contribution in [1.82, 2.24) is 10.2 Å². The fourth-order valence-electron chi connectivity index (χ4n) is 2.36. The van der Waals surface area contributed by atoms with E-state index in [1.165, 1.54) is 0 Å². The van der Waals surface area contributed by atoms with Crippen molar-refractivity contribution in [3.05, 3.63) is 29.8 Å². The number of carbonyl (C=O) groups is 1. The number of nitrogens with one attached hydrogen (secondary N) is 1. The first-order chi connectivity index (χ1) is 10.7. The van der Waals surface area contributed by atoms with Crippen LogP contribution in [-0.4, -0.2) is 41.8 Å². The van der Waals surface area contributed by atoms with Gasteiger partial charge in [-0.1, -0.05) is 18.2 Å². The number of hydrogen-bond donors (Lipinski definition) is 1. The van der Waals surface area contributed by atoms with Gasteiger partial charge in [-0.2, -0.15) is 0 Å². The molecule has 1 aromatic rings. The highest BCUT2D eigenvalue weighted by molar-refractivity contribution is 5.69. The van der Waals surface area contributed by atoms with E-state index in [1.807, 2.05) is 52.8 Å². The standard InChI is InChI=1S/C18H28N2O3/c1-13(2)22-16-9-7-6-8-14(16)10-19-15-11-20(12-15)17(21)23-18(3,4)5/h6-9,13,15,19H,10-12H2,1-5H3. The predicted molar refractivity (Wildman–Crippen MR) is 90.6 cm³/mol. The van der Waals surface area contributed by atoms with E-state index in [-0.39, 0.29) is 12.2 Å². The molecule has 5 heteroatoms. The quantitative estimate of drug-likeness (QED) is 0.905. The monoisotopic (exact) mass is 320 g/mol. The third-order valence-corrected chi connectivity index (χ3v) is 3.45. The number of carbonyl (C=O) groups excluding carboxylic acids is 1. The Morgan fingerprint density at radius 1 is 1.30 bits per heavy atom. The summed E-state index contributed by atoms with van der Waals surface area (Å²) in [6.45, 7) is 11.8. The number of likely N-dealkylation sites (tertiary alicyclic amines) is 1. The third kappa shape index (κ3) is 5.43. The van der Waals surface area contributed by atoms with Crippen LogP contribution in [-0.2, 0) is 11.3 Å². The number of ether oxygens (including phenoxy) is 2. The summed E-state index contributed by atoms with van der Waals surface area (Å²) in [6, 6.07) is 8.35. The summed E-state index contributed by atoms with van der Waals surface area (Å²) in [5, 5.41) is 3.47. The highest BCUT2D eigenvalue weighted by atomic mass is 16.6. The van der Waals surface area contributed by atoms with Crippen LogP contribution in [0.15, 0.2) is 24.3 Å². The van der Waals surface area contributed by atoms with Crippen LogP contribution in [0.2, 0.25) is 0 Å². The molecule has 1 amide bonds. The molecule has 0 aliphatic carbocycles. The van der Waals surface area contributed by atoms with Gasteiger partial charge in [-0.3, -0.25) is 0 Å². The number of hydrogen-bond acceptors (Lipinski definition) is 4. The molecule has 128 valence electrons. The van der Waals surface area contributed by atoms with Crippen molar-refractivity contribution in [2.24, 2.45) is 0 Å². The largest absolute Gasteiger partial charge is 0.491 e. The number of para-hydroxylation sites is 1. The first-order valence-corrected chi connectivity index (χ1v) is 8.20. The van der Waals surface area contributed by atoms with E-state index in [9.17, 15) is 4.79 Å². The molecule has 1 aromatic carbocycles. The van der Waals surface area contributed by atoms with Crippen LogP contribution in [0, 0.1) is 0 Å². The van der Waals surface area contributed by atoms with E-state index in [1.54, 1.807) is 4.90 Å². The molecule has 0 saturated carbocycles. The van der Waals surface area contributed by atoms with E-state index in [4.69, 9.17) is 9.47 Å². The molecule has 1 fully saturated rings. The minimum atomic E-state index is -0.442. The van der Waals surface area contributed by atoms with Crippen molar-refractivity contribution >= 4 is 6.09 Å². The molecule has 0 radical (unpaired) electrons. The molecular weight excluding hydrogens is 292 g/mol. The summed E-state index contributed by atoms with van der Waals surface area (Å²) in [5.41, 5.74) is 0.694. The second kappa shape index (κ2) is 7.21. The van der Waals surface area contributed by atoms with Crippen LogP contribution in [0.4, 0.5) is 4.79 Å². The maximum atomic E-state index is 11.9. The lowest BCUT2D eigenvalue weighted by Gasteiger charge is -2.40. The Balaban J connectivity index is 1.78. The summed E-state index contributed by atoms with van der Waals surface area (Å²) in [7, 11) is 0. The van der Waals surface area contributed by atoms with E-state index in [2.05, 4.69) is 11.4 Å². The summed E-state index contributed by atoms with van der Waals surface area (Å²) in [5.74, 6) is 0.915. The molecule has 0 spiro atoms. The Bertz CT molecular complexity index is 531. The number of rotatable bonds is 5. The maximum Gasteiger partial charge on any atom is 0.410 e. The van der Waals surface area contributed by atoms with Crippen molar-refractivity contribution < 1.29 is 14.3 Å². The van der Waals surface area contributed by atoms with Crippen LogP contribution < -0.4 is 10.1 Å². The van der Waals surface area contributed by atoms with E-state index in [0.29, 0.717) is 19.1 Å². The van der Waals surface area contributed by atoms with Gasteiger partial charge in [-0.15, -0.1) is 0 Å². The second-order valence-corrected chi connectivity index (χ2v) is 7.24. The number of benzene rings is 1. The molecular formula is C18H28N2O3. The van der Waals surface area contributed by atoms with Crippen LogP contribution in [0.25, 0.3) is 0 Å². The van der Waals surface area contributed by atoms with Gasteiger partial charge >= 0.3 is 6.09 Å². The molecule has 1 N–H and O–H groups in total. The third-order valence-electron chi connectivity index (χ3n) is 3.45. The zero-order valence-corrected chi connectivity index (χ0v) is 14.8. The fourth-order valence-corrected chi connectivity index (χ4v) is 2.36. The Morgan fingerprint density at radius 3 is 2.57 bits per heavy atom. The minimum absolute atomic E-state index is 0.155. The zero-order chi connectivity index (χ0) is 17.0. The molecule has 0 aromatic heterocycles. The fraction of sp³-hybridized carbons (Fsp3) is 0.611. The zero-order valence-electron chi connectivity index (χ0n) is 14.8. The molecule has 0 atom stereocenters. The van der Waals surface area contributed by atoms with Gasteiger partial charge in [0.25, 0.3) is 0 Å². The van der Waals surface area contributed by atoms with Gasteiger partial charge in [0.15, 0.2) is 0 Å². The molecule has 23 heavy (non-hydrogen) atoms. The normalized spacial score (nSPS) is 15.5. The van der Waals surface area contributed by atoms with Gasteiger partial charge in [0, 0.05) is 31.2 Å². The van der Waals surface area contributed by atoms with Crippen molar-refractivity contribution in [2.75, 3.05) is 13.1 Å². The highest BCUT2D eigenvalue weighted by Gasteiger charge is 2.33. The Kier molecular flexibility index (Phi) is 5.52. The van der Waals surface area contributed by atoms with Crippen LogP contribution in [0.5, 0.6) is 5.75 Å². The molecule has 1 saturated heterocycles. The van der Waals surface area contributed by atoms with Gasteiger partial charge < -0.3 is 19.7 Å². The molecule has 0 bridgehead atoms. The topological polar surface area (TPSA) is 50.8 Å². The van der Waals surface area contributed by atoms with Gasteiger partial charge in [0.1, 0.15) is 11.4 Å². The molecule has 5 nitrogen and oxygen atoms in total. The molecule has 0 unspecified atom stereocenters. The summed E-state index contributed by atoms with van der Waals surface area (Å²) >= 11 is 0. The predicted octanol–water partition coefficient (Wildman–Crippen LogP) is 3.18. The Morgan fingerprint density at radius 2 is 1.96 bits per heavy atom. The summed E-state index contributed by atoms with van der Waals surface area (Å²) in [6.07, 6.45) is -0.0818. The first kappa shape index (κ1) is 17.6. The molecule has 1 aliphatic rings. The van der Waals surface area contributed by atoms with Crippen molar-refractivity contribution in [1.29, 1.82) is 0 Å². The van der Waals surface area contributed by atoms with Crippen LogP contribution >= 0.6 is 0 Å². The lowest BCUT2D eigenvalue weighted by atomic mass is 10.1. The maximum absolute atomic E-state index is 11.9. The van der Waals surface area contributed by atoms with Gasteiger partial charge in [-0.25, -0.2) is 4.79 Å². The minimum Gasteiger partial charge on any atom is -0.491 e. The van der Waals surface area contributed by atoms with Crippen LogP contribution in [0.1, 0.15) is 40.2 Å². The molecule has 1 aliphatic heterocycles. The Labute approximate surface area is 139 Å². The van der Waals surface area contributed by atoms with Gasteiger partial charge in [-0.05, 0) is 40.7 Å². The Hall–Kier alpha value is -1.75. The average Bonchev–Trinajstić information content (AvgIpc) is 2.35. The molecule has 1 heterocycles. The molecule has 2 rings (SSSR count). The lowest BCUT2D eigenvalue weighted by Crippen LogP contribution is -2.60. The lowest BCUT2D eigenvalue weighted by molar-refractivity contribution is 0.00515. The van der Waals surface area contributed by atoms with E-state index in [0.717, 1.165) is 17.9 Å². The highest BCUT2D eigenvalue weighted by Crippen LogP contribution is 2.20. The second-order valence-electron chi connectivity index (χ2n) is 7.24. The SMILES string of the molecule is CC(C)Oc1ccccc1CNC1CN(C(=O)OC(C)(C)C)C1. The summed E-state index contributed by atoms with van der Waals surface area (Å²) < 4.78 is 11.2. The van der Waals surface area contributed by atoms with E-state index >= 15 is 0 Å². The first-order valence-electron chi connectivity index (χ1n) is 8.20. The van der Waals surface area contributed by atoms with Crippen molar-refractivity contribution in [2.45, 2.75) is 58.9 Å². The number of nitrogens with zero attached hydrogens (tertiary/aromatic N) is 1. The van der Waals surface area contributed by atoms with Crippen LogP contribution in [0.3, 0.4) is 0 Å². The van der Waals surface area contributed by atoms with Crippen molar-refractivity contribution in [3.8, 4) is 5.75 Å². The number of amides is 1. The van der Waals surface area contributed by atoms with E-state index < -0.39 is 5.60 Å². The summed E-state index contributed by atoms with van der Waals surface area (Å²) in [4.78, 5) is 13.6. The van der Waals surface area contributed by atoms with Crippen molar-refractivity contribution in [3.63, 3.8) is 0 Å². The smallest absolute Gasteiger partial charge is 0.410 e. The van der Waals surface area contributed by atoms with Gasteiger partial charge in [0.2, 0.25) is 0 Å². The van der Waals surface area contributed by atoms with Gasteiger partial charge in [0.05, 0.1) is 6.10 Å².